The summed E-state index contributed by atoms with van der Waals surface area (Å²) in [6, 6.07) is 10.1. The zero-order valence-corrected chi connectivity index (χ0v) is 15.5. The van der Waals surface area contributed by atoms with Crippen LogP contribution in [0.5, 0.6) is 0 Å². The van der Waals surface area contributed by atoms with Crippen molar-refractivity contribution < 1.29 is 17.6 Å². The van der Waals surface area contributed by atoms with Gasteiger partial charge in [0.25, 0.3) is 15.9 Å². The summed E-state index contributed by atoms with van der Waals surface area (Å²) >= 11 is 0. The van der Waals surface area contributed by atoms with Crippen LogP contribution in [0, 0.1) is 0 Å². The predicted octanol–water partition coefficient (Wildman–Crippen LogP) is 1.64. The topological polar surface area (TPSA) is 95.2 Å². The molecule has 0 atom stereocenters. The van der Waals surface area contributed by atoms with E-state index in [9.17, 15) is 13.2 Å². The Morgan fingerprint density at radius 2 is 1.96 bits per heavy atom. The lowest BCUT2D eigenvalue weighted by atomic mass is 10.3. The molecule has 1 amide bonds. The van der Waals surface area contributed by atoms with Crippen molar-refractivity contribution in [2.45, 2.75) is 11.3 Å². The van der Waals surface area contributed by atoms with Gasteiger partial charge in [-0.15, -0.1) is 4.40 Å². The second kappa shape index (κ2) is 7.16. The van der Waals surface area contributed by atoms with E-state index >= 15 is 0 Å². The number of sulfonamides is 1. The van der Waals surface area contributed by atoms with Crippen molar-refractivity contribution in [2.75, 3.05) is 38.0 Å². The number of amidine groups is 1. The van der Waals surface area contributed by atoms with E-state index in [2.05, 4.69) is 14.6 Å². The smallest absolute Gasteiger partial charge is 0.289 e. The summed E-state index contributed by atoms with van der Waals surface area (Å²) in [6.07, 6.45) is 2.28. The van der Waals surface area contributed by atoms with Gasteiger partial charge in [-0.3, -0.25) is 9.69 Å². The Bertz CT molecular complexity index is 969. The summed E-state index contributed by atoms with van der Waals surface area (Å²) in [5.41, 5.74) is 0.548. The number of para-hydroxylation sites is 1. The number of carbonyl (C=O) groups excluding carboxylic acids is 1. The van der Waals surface area contributed by atoms with Crippen molar-refractivity contribution in [3.8, 4) is 0 Å². The quantitative estimate of drug-likeness (QED) is 0.859. The van der Waals surface area contributed by atoms with Gasteiger partial charge in [0.1, 0.15) is 10.7 Å². The summed E-state index contributed by atoms with van der Waals surface area (Å²) < 4.78 is 33.8. The summed E-state index contributed by atoms with van der Waals surface area (Å²) in [4.78, 5) is 16.5. The molecule has 1 fully saturated rings. The number of anilines is 1. The molecule has 2 aliphatic rings. The first-order chi connectivity index (χ1) is 13.0. The van der Waals surface area contributed by atoms with E-state index in [-0.39, 0.29) is 10.8 Å². The molecular formula is C18H20N4O4S. The number of nitrogens with one attached hydrogen (secondary N) is 1. The van der Waals surface area contributed by atoms with Crippen LogP contribution in [-0.4, -0.2) is 62.7 Å². The third-order valence-corrected chi connectivity index (χ3v) is 6.03. The maximum absolute atomic E-state index is 12.4. The highest BCUT2D eigenvalue weighted by molar-refractivity contribution is 7.90. The Morgan fingerprint density at radius 3 is 2.78 bits per heavy atom. The molecule has 142 valence electrons. The lowest BCUT2D eigenvalue weighted by molar-refractivity contribution is 0.0730. The number of nitrogens with zero attached hydrogens (tertiary/aromatic N) is 3. The maximum Gasteiger partial charge on any atom is 0.289 e. The fraction of sp³-hybridized carbons (Fsp3) is 0.333. The number of amides is 1. The monoisotopic (exact) mass is 388 g/mol. The van der Waals surface area contributed by atoms with Crippen molar-refractivity contribution >= 4 is 27.5 Å². The molecule has 0 spiro atoms. The molecule has 3 heterocycles. The van der Waals surface area contributed by atoms with Crippen LogP contribution in [0.25, 0.3) is 0 Å². The Kier molecular flexibility index (Phi) is 4.71. The number of carbonyl (C=O) groups is 1. The number of benzene rings is 1. The van der Waals surface area contributed by atoms with Crippen LogP contribution < -0.4 is 5.32 Å². The first-order valence-electron chi connectivity index (χ1n) is 8.78. The lowest BCUT2D eigenvalue weighted by Crippen LogP contribution is -2.39. The number of furan rings is 1. The van der Waals surface area contributed by atoms with Crippen LogP contribution in [0.2, 0.25) is 0 Å². The first kappa shape index (κ1) is 17.7. The third-order valence-electron chi connectivity index (χ3n) is 4.66. The van der Waals surface area contributed by atoms with Crippen molar-refractivity contribution in [3.63, 3.8) is 0 Å². The zero-order valence-electron chi connectivity index (χ0n) is 14.7. The average Bonchev–Trinajstić information content (AvgIpc) is 3.08. The van der Waals surface area contributed by atoms with Gasteiger partial charge >= 0.3 is 0 Å². The molecule has 2 aliphatic heterocycles. The molecule has 0 radical (unpaired) electrons. The summed E-state index contributed by atoms with van der Waals surface area (Å²) in [5.74, 6) is 0.621. The van der Waals surface area contributed by atoms with Crippen LogP contribution in [0.4, 0.5) is 5.69 Å². The summed E-state index contributed by atoms with van der Waals surface area (Å²) in [5, 5.41) is 3.11. The van der Waals surface area contributed by atoms with Gasteiger partial charge in [0.05, 0.1) is 18.5 Å². The fourth-order valence-corrected chi connectivity index (χ4v) is 4.48. The summed E-state index contributed by atoms with van der Waals surface area (Å²) in [7, 11) is -3.68. The molecule has 2 aromatic rings. The Hall–Kier alpha value is -2.65. The van der Waals surface area contributed by atoms with Gasteiger partial charge in [0.15, 0.2) is 5.76 Å². The molecule has 4 rings (SSSR count). The highest BCUT2D eigenvalue weighted by Gasteiger charge is 2.27. The van der Waals surface area contributed by atoms with Crippen LogP contribution in [0.15, 0.2) is 56.4 Å². The van der Waals surface area contributed by atoms with Gasteiger partial charge in [-0.2, -0.15) is 8.42 Å². The number of rotatable bonds is 3. The van der Waals surface area contributed by atoms with E-state index in [1.165, 1.54) is 6.26 Å². The highest BCUT2D eigenvalue weighted by Crippen LogP contribution is 2.26. The second-order valence-corrected chi connectivity index (χ2v) is 8.11. The van der Waals surface area contributed by atoms with E-state index in [0.717, 1.165) is 13.0 Å². The highest BCUT2D eigenvalue weighted by atomic mass is 32.2. The molecule has 27 heavy (non-hydrogen) atoms. The first-order valence-corrected chi connectivity index (χ1v) is 10.2. The lowest BCUT2D eigenvalue weighted by Gasteiger charge is -2.24. The second-order valence-electron chi connectivity index (χ2n) is 6.53. The molecule has 0 unspecified atom stereocenters. The Balaban J connectivity index is 1.42. The van der Waals surface area contributed by atoms with E-state index in [4.69, 9.17) is 4.42 Å². The van der Waals surface area contributed by atoms with Gasteiger partial charge in [-0.1, -0.05) is 12.1 Å². The Labute approximate surface area is 157 Å². The van der Waals surface area contributed by atoms with E-state index in [0.29, 0.717) is 43.5 Å². The SMILES string of the molecule is O=C(c1ccco1)N1CCCN(CC2=NS(=O)(=O)c3ccccc3N2)CC1. The van der Waals surface area contributed by atoms with E-state index in [1.807, 2.05) is 0 Å². The van der Waals surface area contributed by atoms with Gasteiger partial charge in [-0.05, 0) is 30.7 Å². The molecule has 0 aliphatic carbocycles. The minimum Gasteiger partial charge on any atom is -0.459 e. The van der Waals surface area contributed by atoms with Gasteiger partial charge in [-0.25, -0.2) is 0 Å². The number of fused-ring (bicyclic) bond motifs is 1. The largest absolute Gasteiger partial charge is 0.459 e. The van der Waals surface area contributed by atoms with E-state index < -0.39 is 10.0 Å². The molecule has 8 nitrogen and oxygen atoms in total. The average molecular weight is 388 g/mol. The molecule has 1 aromatic carbocycles. The predicted molar refractivity (Wildman–Crippen MR) is 100 cm³/mol. The van der Waals surface area contributed by atoms with Crippen LogP contribution >= 0.6 is 0 Å². The van der Waals surface area contributed by atoms with Gasteiger partial charge in [0, 0.05) is 26.2 Å². The standard InChI is InChI=1S/C18H20N4O4S/c23-18(15-6-3-12-26-15)22-9-4-8-21(10-11-22)13-17-19-14-5-1-2-7-16(14)27(24,25)20-17/h1-3,5-7,12H,4,8-11,13H2,(H,19,20). The minimum absolute atomic E-state index is 0.119. The van der Waals surface area contributed by atoms with Crippen LogP contribution in [0.3, 0.4) is 0 Å². The number of hydrogen-bond acceptors (Lipinski definition) is 6. The molecule has 1 aromatic heterocycles. The molecular weight excluding hydrogens is 368 g/mol. The Morgan fingerprint density at radius 1 is 1.11 bits per heavy atom. The van der Waals surface area contributed by atoms with Crippen LogP contribution in [-0.2, 0) is 10.0 Å². The minimum atomic E-state index is -3.68. The van der Waals surface area contributed by atoms with E-state index in [1.54, 1.807) is 41.3 Å². The molecule has 0 bridgehead atoms. The van der Waals surface area contributed by atoms with Crippen molar-refractivity contribution in [1.29, 1.82) is 0 Å². The maximum atomic E-state index is 12.4. The molecule has 9 heteroatoms. The zero-order chi connectivity index (χ0) is 18.9. The molecule has 1 saturated heterocycles. The van der Waals surface area contributed by atoms with Crippen molar-refractivity contribution in [3.05, 3.63) is 48.4 Å². The molecule has 0 saturated carbocycles. The van der Waals surface area contributed by atoms with Crippen molar-refractivity contribution in [2.24, 2.45) is 4.40 Å². The van der Waals surface area contributed by atoms with Gasteiger partial charge < -0.3 is 14.6 Å². The van der Waals surface area contributed by atoms with Crippen molar-refractivity contribution in [1.82, 2.24) is 9.80 Å². The third kappa shape index (κ3) is 3.74. The summed E-state index contributed by atoms with van der Waals surface area (Å²) in [6.45, 7) is 2.96. The fourth-order valence-electron chi connectivity index (χ4n) is 3.34. The van der Waals surface area contributed by atoms with Crippen LogP contribution in [0.1, 0.15) is 17.0 Å². The normalized spacial score (nSPS) is 19.6. The molecule has 1 N–H and O–H groups in total. The number of hydrogen-bond donors (Lipinski definition) is 1. The van der Waals surface area contributed by atoms with Gasteiger partial charge in [0.2, 0.25) is 0 Å².